The van der Waals surface area contributed by atoms with E-state index in [1.807, 2.05) is 13.0 Å². The number of halogens is 1. The summed E-state index contributed by atoms with van der Waals surface area (Å²) in [5.41, 5.74) is 3.17. The first-order valence-corrected chi connectivity index (χ1v) is 10.9. The first-order chi connectivity index (χ1) is 13.3. The third-order valence-corrected chi connectivity index (χ3v) is 4.72. The maximum Gasteiger partial charge on any atom is 0.244 e. The maximum atomic E-state index is 14.0. The number of carbonyl (C=O) groups excluding carboxylic acids is 1. The number of pyridine rings is 1. The summed E-state index contributed by atoms with van der Waals surface area (Å²) in [4.78, 5) is 16.5. The molecule has 0 fully saturated rings. The first kappa shape index (κ1) is 22.5. The molecule has 0 saturated heterocycles. The third kappa shape index (κ3) is 6.98. The smallest absolute Gasteiger partial charge is 0.244 e. The highest BCUT2D eigenvalue weighted by Gasteiger charge is 2.15. The number of anilines is 1. The molecule has 0 atom stereocenters. The van der Waals surface area contributed by atoms with Crippen LogP contribution in [0, 0.1) is 12.7 Å². The van der Waals surface area contributed by atoms with Gasteiger partial charge in [-0.05, 0) is 47.9 Å². The van der Waals surface area contributed by atoms with Crippen LogP contribution in [0.3, 0.4) is 0 Å². The number of hydrogen-bond donors (Lipinski definition) is 2. The molecule has 1 amide bonds. The van der Waals surface area contributed by atoms with Gasteiger partial charge < -0.3 is 5.32 Å². The second kappa shape index (κ2) is 8.73. The SMILES string of the molecule is Cc1cc(C(C)(C)C)ncc1/C=C/C(=O)NCc1ccc(NS(C)(=O)=O)c(F)c1. The summed E-state index contributed by atoms with van der Waals surface area (Å²) in [6.45, 7) is 8.34. The van der Waals surface area contributed by atoms with Gasteiger partial charge in [0.1, 0.15) is 5.82 Å². The lowest BCUT2D eigenvalue weighted by Gasteiger charge is -2.18. The second-order valence-electron chi connectivity index (χ2n) is 7.92. The van der Waals surface area contributed by atoms with E-state index in [0.717, 1.165) is 23.1 Å². The Labute approximate surface area is 171 Å². The minimum Gasteiger partial charge on any atom is -0.348 e. The number of aryl methyl sites for hydroxylation is 1. The summed E-state index contributed by atoms with van der Waals surface area (Å²) in [5, 5.41) is 2.67. The van der Waals surface area contributed by atoms with Gasteiger partial charge in [0.15, 0.2) is 0 Å². The molecule has 0 saturated carbocycles. The van der Waals surface area contributed by atoms with Gasteiger partial charge >= 0.3 is 0 Å². The molecule has 1 aromatic carbocycles. The number of nitrogens with zero attached hydrogens (tertiary/aromatic N) is 1. The highest BCUT2D eigenvalue weighted by Crippen LogP contribution is 2.22. The maximum absolute atomic E-state index is 14.0. The van der Waals surface area contributed by atoms with Crippen molar-refractivity contribution >= 4 is 27.7 Å². The number of sulfonamides is 1. The van der Waals surface area contributed by atoms with Crippen molar-refractivity contribution in [3.63, 3.8) is 0 Å². The van der Waals surface area contributed by atoms with E-state index >= 15 is 0 Å². The minimum absolute atomic E-state index is 0.0496. The van der Waals surface area contributed by atoms with Crippen LogP contribution >= 0.6 is 0 Å². The molecular formula is C21H26FN3O3S. The number of hydrogen-bond acceptors (Lipinski definition) is 4. The first-order valence-electron chi connectivity index (χ1n) is 9.04. The summed E-state index contributed by atoms with van der Waals surface area (Å²) >= 11 is 0. The molecule has 6 nitrogen and oxygen atoms in total. The fraction of sp³-hybridized carbons (Fsp3) is 0.333. The fourth-order valence-electron chi connectivity index (χ4n) is 2.52. The van der Waals surface area contributed by atoms with E-state index in [9.17, 15) is 17.6 Å². The van der Waals surface area contributed by atoms with Crippen LogP contribution in [0.1, 0.15) is 43.2 Å². The van der Waals surface area contributed by atoms with E-state index in [4.69, 9.17) is 0 Å². The van der Waals surface area contributed by atoms with Gasteiger partial charge in [0.2, 0.25) is 15.9 Å². The minimum atomic E-state index is -3.56. The molecule has 2 N–H and O–H groups in total. The van der Waals surface area contributed by atoms with Gasteiger partial charge in [-0.1, -0.05) is 26.8 Å². The summed E-state index contributed by atoms with van der Waals surface area (Å²) in [6, 6.07) is 6.04. The van der Waals surface area contributed by atoms with Gasteiger partial charge in [-0.2, -0.15) is 0 Å². The van der Waals surface area contributed by atoms with Crippen molar-refractivity contribution in [2.24, 2.45) is 0 Å². The number of rotatable bonds is 6. The Hall–Kier alpha value is -2.74. The van der Waals surface area contributed by atoms with Gasteiger partial charge in [0.05, 0.1) is 11.9 Å². The molecule has 8 heteroatoms. The molecule has 0 unspecified atom stereocenters. The number of carbonyl (C=O) groups is 1. The second-order valence-corrected chi connectivity index (χ2v) is 9.66. The largest absolute Gasteiger partial charge is 0.348 e. The summed E-state index contributed by atoms with van der Waals surface area (Å²) in [6.07, 6.45) is 5.77. The lowest BCUT2D eigenvalue weighted by molar-refractivity contribution is -0.116. The standard InChI is InChI=1S/C21H26FN3O3S/c1-14-10-19(21(2,3)4)23-13-16(14)7-9-20(26)24-12-15-6-8-18(17(22)11-15)25-29(5,27)28/h6-11,13,25H,12H2,1-5H3,(H,24,26)/b9-7+. The predicted octanol–water partition coefficient (Wildman–Crippen LogP) is 3.53. The zero-order valence-electron chi connectivity index (χ0n) is 17.2. The summed E-state index contributed by atoms with van der Waals surface area (Å²) in [7, 11) is -3.56. The van der Waals surface area contributed by atoms with E-state index in [1.54, 1.807) is 18.3 Å². The Morgan fingerprint density at radius 3 is 2.48 bits per heavy atom. The van der Waals surface area contributed by atoms with Crippen LogP contribution in [0.15, 0.2) is 36.5 Å². The zero-order valence-corrected chi connectivity index (χ0v) is 18.0. The molecule has 156 valence electrons. The Morgan fingerprint density at radius 2 is 1.93 bits per heavy atom. The molecule has 2 rings (SSSR count). The molecule has 0 spiro atoms. The molecule has 0 aliphatic heterocycles. The van der Waals surface area contributed by atoms with E-state index in [0.29, 0.717) is 5.56 Å². The molecular weight excluding hydrogens is 393 g/mol. The Bertz CT molecular complexity index is 1040. The summed E-state index contributed by atoms with van der Waals surface area (Å²) in [5.74, 6) is -1.04. The third-order valence-electron chi connectivity index (χ3n) is 4.13. The zero-order chi connectivity index (χ0) is 21.8. The van der Waals surface area contributed by atoms with E-state index < -0.39 is 15.8 Å². The Morgan fingerprint density at radius 1 is 1.24 bits per heavy atom. The topological polar surface area (TPSA) is 88.2 Å². The van der Waals surface area contributed by atoms with Crippen LogP contribution in [0.5, 0.6) is 0 Å². The molecule has 1 heterocycles. The highest BCUT2D eigenvalue weighted by molar-refractivity contribution is 7.92. The molecule has 29 heavy (non-hydrogen) atoms. The van der Waals surface area contributed by atoms with Crippen molar-refractivity contribution in [1.29, 1.82) is 0 Å². The van der Waals surface area contributed by atoms with Crippen molar-refractivity contribution in [1.82, 2.24) is 10.3 Å². The van der Waals surface area contributed by atoms with Crippen LogP contribution in [-0.2, 0) is 26.8 Å². The van der Waals surface area contributed by atoms with Gasteiger partial charge in [-0.25, -0.2) is 12.8 Å². The summed E-state index contributed by atoms with van der Waals surface area (Å²) < 4.78 is 38.4. The van der Waals surface area contributed by atoms with Crippen molar-refractivity contribution in [2.75, 3.05) is 11.0 Å². The van der Waals surface area contributed by atoms with Crippen molar-refractivity contribution in [3.05, 3.63) is 64.7 Å². The quantitative estimate of drug-likeness (QED) is 0.701. The Kier molecular flexibility index (Phi) is 6.79. The van der Waals surface area contributed by atoms with Crippen LogP contribution in [0.25, 0.3) is 6.08 Å². The van der Waals surface area contributed by atoms with Crippen molar-refractivity contribution < 1.29 is 17.6 Å². The van der Waals surface area contributed by atoms with Gasteiger partial charge in [0.25, 0.3) is 0 Å². The predicted molar refractivity (Wildman–Crippen MR) is 113 cm³/mol. The van der Waals surface area contributed by atoms with Gasteiger partial charge in [-0.3, -0.25) is 14.5 Å². The number of nitrogens with one attached hydrogen (secondary N) is 2. The average Bonchev–Trinajstić information content (AvgIpc) is 2.59. The van der Waals surface area contributed by atoms with Gasteiger partial charge in [0, 0.05) is 29.9 Å². The lowest BCUT2D eigenvalue weighted by Crippen LogP contribution is -2.20. The van der Waals surface area contributed by atoms with Crippen LogP contribution in [-0.4, -0.2) is 25.6 Å². The molecule has 0 bridgehead atoms. The van der Waals surface area contributed by atoms with E-state index in [1.165, 1.54) is 18.2 Å². The van der Waals surface area contributed by atoms with E-state index in [2.05, 4.69) is 35.8 Å². The van der Waals surface area contributed by atoms with Crippen molar-refractivity contribution in [2.45, 2.75) is 39.7 Å². The van der Waals surface area contributed by atoms with Crippen LogP contribution < -0.4 is 10.0 Å². The van der Waals surface area contributed by atoms with Gasteiger partial charge in [-0.15, -0.1) is 0 Å². The molecule has 1 aromatic heterocycles. The molecule has 0 aliphatic carbocycles. The fourth-order valence-corrected chi connectivity index (χ4v) is 3.08. The monoisotopic (exact) mass is 419 g/mol. The Balaban J connectivity index is 1.99. The normalized spacial score (nSPS) is 12.2. The van der Waals surface area contributed by atoms with Crippen LogP contribution in [0.2, 0.25) is 0 Å². The lowest BCUT2D eigenvalue weighted by atomic mass is 9.90. The number of aromatic nitrogens is 1. The molecule has 0 aliphatic rings. The number of benzene rings is 1. The molecule has 0 radical (unpaired) electrons. The highest BCUT2D eigenvalue weighted by atomic mass is 32.2. The van der Waals surface area contributed by atoms with Crippen LogP contribution in [0.4, 0.5) is 10.1 Å². The average molecular weight is 420 g/mol. The molecule has 2 aromatic rings. The number of amides is 1. The van der Waals surface area contributed by atoms with E-state index in [-0.39, 0.29) is 23.6 Å². The van der Waals surface area contributed by atoms with Crippen molar-refractivity contribution in [3.8, 4) is 0 Å².